The van der Waals surface area contributed by atoms with Crippen LogP contribution in [0.3, 0.4) is 0 Å². The van der Waals surface area contributed by atoms with Gasteiger partial charge in [-0.2, -0.15) is 0 Å². The van der Waals surface area contributed by atoms with Crippen molar-refractivity contribution in [2.24, 2.45) is 0 Å². The summed E-state index contributed by atoms with van der Waals surface area (Å²) in [4.78, 5) is 4.76. The van der Waals surface area contributed by atoms with E-state index in [2.05, 4.69) is 9.88 Å². The fourth-order valence-electron chi connectivity index (χ4n) is 0.218. The summed E-state index contributed by atoms with van der Waals surface area (Å²) in [6, 6.07) is 0. The summed E-state index contributed by atoms with van der Waals surface area (Å²) >= 11 is 4.60. The normalized spacial score (nSPS) is 10.0. The van der Waals surface area contributed by atoms with E-state index in [0.717, 1.165) is 5.88 Å². The first-order chi connectivity index (χ1) is 2.77. The van der Waals surface area contributed by atoms with Crippen LogP contribution in [0.25, 0.3) is 0 Å². The molecule has 0 rings (SSSR count). The molecule has 0 bridgehead atoms. The summed E-state index contributed by atoms with van der Waals surface area (Å²) in [7, 11) is 0. The first kappa shape index (κ1) is 7.09. The Labute approximate surface area is 51.6 Å². The number of rotatable bonds is 2. The minimum atomic E-state index is -0.850. The van der Waals surface area contributed by atoms with Crippen molar-refractivity contribution in [2.45, 2.75) is 14.3 Å². The van der Waals surface area contributed by atoms with Crippen molar-refractivity contribution in [1.29, 1.82) is 0 Å². The molecule has 0 radical (unpaired) electrons. The van der Waals surface area contributed by atoms with E-state index >= 15 is 0 Å². The molecule has 0 unspecified atom stereocenters. The molecule has 0 aromatic rings. The van der Waals surface area contributed by atoms with Gasteiger partial charge in [-0.25, -0.2) is 0 Å². The summed E-state index contributed by atoms with van der Waals surface area (Å²) in [6.45, 7) is 0. The van der Waals surface area contributed by atoms with Crippen molar-refractivity contribution in [2.75, 3.05) is 5.88 Å². The summed E-state index contributed by atoms with van der Waals surface area (Å²) in [5.41, 5.74) is 0. The van der Waals surface area contributed by atoms with Gasteiger partial charge in [-0.05, 0) is 0 Å². The fourth-order valence-corrected chi connectivity index (χ4v) is 4.39. The maximum absolute atomic E-state index is 5.45. The van der Waals surface area contributed by atoms with Crippen molar-refractivity contribution in [3.05, 3.63) is 0 Å². The zero-order valence-electron chi connectivity index (χ0n) is 4.37. The third-order valence-corrected chi connectivity index (χ3v) is 6.07. The topological polar surface area (TPSA) is 0 Å². The van der Waals surface area contributed by atoms with E-state index in [-0.39, 0.29) is 0 Å². The maximum atomic E-state index is 5.45. The zero-order valence-corrected chi connectivity index (χ0v) is 8.42. The molecule has 0 aromatic heterocycles. The average Bonchev–Trinajstić information content (AvgIpc) is 1.35. The molecule has 0 spiro atoms. The first-order valence-corrected chi connectivity index (χ1v) is 11.8. The molecule has 0 atom stereocenters. The monoisotopic (exact) mass is 214 g/mol. The standard InChI is InChI=1S/C2H4Cl.2CH3.Sn.H/c1-2-3;;;;/h1-2H2;2*1H3;;. The number of hydrogen-bond acceptors (Lipinski definition) is 0. The second-order valence-electron chi connectivity index (χ2n) is 1.87. The summed E-state index contributed by atoms with van der Waals surface area (Å²) < 4.78 is 1.35. The Hall–Kier alpha value is 1.09. The van der Waals surface area contributed by atoms with Crippen LogP contribution in [0.2, 0.25) is 14.3 Å². The van der Waals surface area contributed by atoms with E-state index < -0.39 is 19.8 Å². The van der Waals surface area contributed by atoms with Gasteiger partial charge in [-0.1, -0.05) is 0 Å². The Balaban J connectivity index is 2.63. The molecule has 0 aliphatic carbocycles. The fraction of sp³-hybridized carbons (Fsp3) is 1.00. The molecule has 0 N–H and O–H groups in total. The van der Waals surface area contributed by atoms with Gasteiger partial charge in [-0.3, -0.25) is 0 Å². The van der Waals surface area contributed by atoms with Gasteiger partial charge in [0.15, 0.2) is 0 Å². The van der Waals surface area contributed by atoms with E-state index in [1.165, 1.54) is 4.44 Å². The van der Waals surface area contributed by atoms with Crippen molar-refractivity contribution in [3.8, 4) is 0 Å². The van der Waals surface area contributed by atoms with Gasteiger partial charge in [0.05, 0.1) is 0 Å². The van der Waals surface area contributed by atoms with Crippen LogP contribution in [-0.4, -0.2) is 25.6 Å². The van der Waals surface area contributed by atoms with Crippen LogP contribution in [0.4, 0.5) is 0 Å². The van der Waals surface area contributed by atoms with Gasteiger partial charge in [-0.15, -0.1) is 0 Å². The number of halogens is 1. The van der Waals surface area contributed by atoms with E-state index in [0.29, 0.717) is 0 Å². The Morgan fingerprint density at radius 2 is 2.00 bits per heavy atom. The third-order valence-electron chi connectivity index (χ3n) is 0.686. The summed E-state index contributed by atoms with van der Waals surface area (Å²) in [6.07, 6.45) is 0. The van der Waals surface area contributed by atoms with Gasteiger partial charge in [0.2, 0.25) is 0 Å². The summed E-state index contributed by atoms with van der Waals surface area (Å²) in [5, 5.41) is 0. The van der Waals surface area contributed by atoms with Gasteiger partial charge >= 0.3 is 51.6 Å². The van der Waals surface area contributed by atoms with E-state index in [9.17, 15) is 0 Å². The predicted molar refractivity (Wildman–Crippen MR) is 34.4 cm³/mol. The SMILES string of the molecule is [CH3][SnH]([CH3])[CH2]CCl. The van der Waals surface area contributed by atoms with Crippen molar-refractivity contribution in [3.63, 3.8) is 0 Å². The molecule has 0 heterocycles. The predicted octanol–water partition coefficient (Wildman–Crippen LogP) is 1.71. The van der Waals surface area contributed by atoms with E-state index in [4.69, 9.17) is 11.6 Å². The van der Waals surface area contributed by atoms with Crippen LogP contribution in [0.1, 0.15) is 0 Å². The Bertz CT molecular complexity index is 28.7. The zero-order chi connectivity index (χ0) is 4.99. The van der Waals surface area contributed by atoms with Crippen LogP contribution < -0.4 is 0 Å². The van der Waals surface area contributed by atoms with E-state index in [1.54, 1.807) is 0 Å². The van der Waals surface area contributed by atoms with Crippen molar-refractivity contribution < 1.29 is 0 Å². The Morgan fingerprint density at radius 1 is 1.50 bits per heavy atom. The van der Waals surface area contributed by atoms with Gasteiger partial charge in [0.25, 0.3) is 0 Å². The molecular weight excluding hydrogens is 202 g/mol. The average molecular weight is 213 g/mol. The van der Waals surface area contributed by atoms with E-state index in [1.807, 2.05) is 0 Å². The number of hydrogen-bond donors (Lipinski definition) is 0. The number of alkyl halides is 1. The Kier molecular flexibility index (Phi) is 5.02. The molecular formula is C4H11ClSn. The molecule has 0 amide bonds. The molecule has 0 aliphatic rings. The molecule has 0 fully saturated rings. The molecule has 6 heavy (non-hydrogen) atoms. The molecule has 0 saturated heterocycles. The molecule has 0 aromatic carbocycles. The molecule has 2 heteroatoms. The van der Waals surface area contributed by atoms with Crippen LogP contribution in [0.15, 0.2) is 0 Å². The molecule has 0 aliphatic heterocycles. The van der Waals surface area contributed by atoms with Crippen LogP contribution in [0.5, 0.6) is 0 Å². The second kappa shape index (κ2) is 4.25. The third kappa shape index (κ3) is 5.09. The molecule has 0 nitrogen and oxygen atoms in total. The van der Waals surface area contributed by atoms with Gasteiger partial charge in [0, 0.05) is 0 Å². The van der Waals surface area contributed by atoms with Crippen molar-refractivity contribution >= 4 is 31.4 Å². The molecule has 38 valence electrons. The van der Waals surface area contributed by atoms with Crippen LogP contribution >= 0.6 is 11.6 Å². The van der Waals surface area contributed by atoms with Crippen LogP contribution in [-0.2, 0) is 0 Å². The quantitative estimate of drug-likeness (QED) is 0.484. The summed E-state index contributed by atoms with van der Waals surface area (Å²) in [5.74, 6) is 0.897. The first-order valence-electron chi connectivity index (χ1n) is 2.33. The van der Waals surface area contributed by atoms with Gasteiger partial charge in [0.1, 0.15) is 0 Å². The Morgan fingerprint density at radius 3 is 2.00 bits per heavy atom. The van der Waals surface area contributed by atoms with Crippen LogP contribution in [0, 0.1) is 0 Å². The second-order valence-corrected chi connectivity index (χ2v) is 11.9. The molecule has 0 saturated carbocycles. The van der Waals surface area contributed by atoms with Gasteiger partial charge < -0.3 is 0 Å². The minimum absolute atomic E-state index is 0.850. The van der Waals surface area contributed by atoms with Crippen molar-refractivity contribution in [1.82, 2.24) is 0 Å².